The first-order valence-electron chi connectivity index (χ1n) is 7.06. The highest BCUT2D eigenvalue weighted by Gasteiger charge is 2.11. The fraction of sp³-hybridized carbons (Fsp3) is 0.158. The second-order valence-corrected chi connectivity index (χ2v) is 6.22. The van der Waals surface area contributed by atoms with E-state index >= 15 is 0 Å². The number of benzene rings is 3. The Labute approximate surface area is 133 Å². The molecule has 1 N–H and O–H groups in total. The summed E-state index contributed by atoms with van der Waals surface area (Å²) in [7, 11) is 0. The van der Waals surface area contributed by atoms with Gasteiger partial charge >= 0.3 is 0 Å². The van der Waals surface area contributed by atoms with Gasteiger partial charge in [0.25, 0.3) is 0 Å². The number of rotatable bonds is 3. The molecule has 0 aromatic heterocycles. The van der Waals surface area contributed by atoms with E-state index in [2.05, 4.69) is 46.3 Å². The maximum absolute atomic E-state index is 10.5. The van der Waals surface area contributed by atoms with Gasteiger partial charge in [0.1, 0.15) is 0 Å². The molecule has 0 heterocycles. The second kappa shape index (κ2) is 6.00. The van der Waals surface area contributed by atoms with E-state index in [1.165, 1.54) is 21.9 Å². The van der Waals surface area contributed by atoms with Crippen molar-refractivity contribution < 1.29 is 5.11 Å². The Morgan fingerprint density at radius 2 is 1.76 bits per heavy atom. The molecular weight excluding hydrogens is 324 g/mol. The summed E-state index contributed by atoms with van der Waals surface area (Å²) < 4.78 is 1.04. The molecule has 0 fully saturated rings. The van der Waals surface area contributed by atoms with Crippen LogP contribution in [0.2, 0.25) is 0 Å². The van der Waals surface area contributed by atoms with Crippen LogP contribution in [-0.4, -0.2) is 5.11 Å². The van der Waals surface area contributed by atoms with Crippen molar-refractivity contribution in [2.24, 2.45) is 0 Å². The van der Waals surface area contributed by atoms with Crippen molar-refractivity contribution in [1.29, 1.82) is 0 Å². The predicted octanol–water partition coefficient (Wildman–Crippen LogP) is 5.19. The number of hydrogen-bond acceptors (Lipinski definition) is 1. The minimum Gasteiger partial charge on any atom is -0.388 e. The van der Waals surface area contributed by atoms with Crippen molar-refractivity contribution in [1.82, 2.24) is 0 Å². The molecule has 0 bridgehead atoms. The van der Waals surface area contributed by atoms with E-state index in [-0.39, 0.29) is 0 Å². The molecule has 0 amide bonds. The summed E-state index contributed by atoms with van der Waals surface area (Å²) >= 11 is 3.53. The lowest BCUT2D eigenvalue weighted by Gasteiger charge is -2.14. The molecule has 1 atom stereocenters. The van der Waals surface area contributed by atoms with Gasteiger partial charge < -0.3 is 5.11 Å². The smallest absolute Gasteiger partial charge is 0.0830 e. The molecule has 106 valence electrons. The fourth-order valence-corrected chi connectivity index (χ4v) is 3.01. The molecule has 1 nitrogen and oxygen atoms in total. The zero-order chi connectivity index (χ0) is 14.8. The van der Waals surface area contributed by atoms with Gasteiger partial charge in [-0.05, 0) is 40.5 Å². The highest BCUT2D eigenvalue weighted by Crippen LogP contribution is 2.27. The Hall–Kier alpha value is -1.64. The van der Waals surface area contributed by atoms with Crippen molar-refractivity contribution in [3.63, 3.8) is 0 Å². The number of aliphatic hydroxyl groups excluding tert-OH is 1. The Morgan fingerprint density at radius 3 is 2.57 bits per heavy atom. The molecule has 0 radical (unpaired) electrons. The summed E-state index contributed by atoms with van der Waals surface area (Å²) in [5.74, 6) is 0. The summed E-state index contributed by atoms with van der Waals surface area (Å²) in [6.07, 6.45) is 0.129. The summed E-state index contributed by atoms with van der Waals surface area (Å²) in [5, 5.41) is 13.0. The molecule has 2 heteroatoms. The number of aliphatic hydroxyl groups is 1. The first-order chi connectivity index (χ1) is 10.1. The SMILES string of the molecule is Cc1ccc(C(O)Cc2cccc3ccccc23)cc1Br. The monoisotopic (exact) mass is 340 g/mol. The summed E-state index contributed by atoms with van der Waals surface area (Å²) in [5.41, 5.74) is 3.30. The van der Waals surface area contributed by atoms with E-state index in [1.54, 1.807) is 0 Å². The van der Waals surface area contributed by atoms with Crippen molar-refractivity contribution in [2.45, 2.75) is 19.4 Å². The van der Waals surface area contributed by atoms with Crippen LogP contribution >= 0.6 is 15.9 Å². The van der Waals surface area contributed by atoms with Gasteiger partial charge in [-0.2, -0.15) is 0 Å². The van der Waals surface area contributed by atoms with Crippen LogP contribution in [0.15, 0.2) is 65.1 Å². The molecule has 0 spiro atoms. The van der Waals surface area contributed by atoms with Crippen LogP contribution in [0, 0.1) is 6.92 Å². The van der Waals surface area contributed by atoms with Crippen LogP contribution < -0.4 is 0 Å². The summed E-state index contributed by atoms with van der Waals surface area (Å²) in [6.45, 7) is 2.05. The molecule has 0 saturated carbocycles. The van der Waals surface area contributed by atoms with Crippen molar-refractivity contribution in [2.75, 3.05) is 0 Å². The minimum absolute atomic E-state index is 0.493. The average Bonchev–Trinajstić information content (AvgIpc) is 2.50. The van der Waals surface area contributed by atoms with Crippen molar-refractivity contribution in [3.8, 4) is 0 Å². The molecule has 0 saturated heterocycles. The van der Waals surface area contributed by atoms with Gasteiger partial charge in [-0.15, -0.1) is 0 Å². The van der Waals surface area contributed by atoms with Crippen molar-refractivity contribution in [3.05, 3.63) is 81.8 Å². The van der Waals surface area contributed by atoms with Gasteiger partial charge in [-0.3, -0.25) is 0 Å². The summed E-state index contributed by atoms with van der Waals surface area (Å²) in [6, 6.07) is 20.6. The molecule has 3 aromatic rings. The maximum Gasteiger partial charge on any atom is 0.0830 e. The second-order valence-electron chi connectivity index (χ2n) is 5.37. The largest absolute Gasteiger partial charge is 0.388 e. The minimum atomic E-state index is -0.493. The summed E-state index contributed by atoms with van der Waals surface area (Å²) in [4.78, 5) is 0. The highest BCUT2D eigenvalue weighted by atomic mass is 79.9. The molecule has 3 rings (SSSR count). The third-order valence-corrected chi connectivity index (χ3v) is 4.73. The first-order valence-corrected chi connectivity index (χ1v) is 7.85. The number of fused-ring (bicyclic) bond motifs is 1. The van der Waals surface area contributed by atoms with Gasteiger partial charge in [0.2, 0.25) is 0 Å². The zero-order valence-corrected chi connectivity index (χ0v) is 13.5. The number of halogens is 1. The van der Waals surface area contributed by atoms with Gasteiger partial charge in [-0.25, -0.2) is 0 Å². The number of aryl methyl sites for hydroxylation is 1. The maximum atomic E-state index is 10.5. The van der Waals surface area contributed by atoms with Crippen molar-refractivity contribution >= 4 is 26.7 Å². The Balaban J connectivity index is 1.92. The topological polar surface area (TPSA) is 20.2 Å². The van der Waals surface area contributed by atoms with Gasteiger partial charge in [0.05, 0.1) is 6.10 Å². The third kappa shape index (κ3) is 3.02. The van der Waals surface area contributed by atoms with E-state index in [1.807, 2.05) is 37.3 Å². The standard InChI is InChI=1S/C19H17BrO/c1-13-9-10-16(11-18(13)20)19(21)12-15-7-4-6-14-5-2-3-8-17(14)15/h2-11,19,21H,12H2,1H3. The molecule has 1 unspecified atom stereocenters. The quantitative estimate of drug-likeness (QED) is 0.695. The predicted molar refractivity (Wildman–Crippen MR) is 91.5 cm³/mol. The molecule has 0 aliphatic heterocycles. The van der Waals surface area contributed by atoms with Crippen LogP contribution in [0.25, 0.3) is 10.8 Å². The van der Waals surface area contributed by atoms with E-state index in [4.69, 9.17) is 0 Å². The Morgan fingerprint density at radius 1 is 1.00 bits per heavy atom. The van der Waals surface area contributed by atoms with Crippen LogP contribution in [0.5, 0.6) is 0 Å². The van der Waals surface area contributed by atoms with Gasteiger partial charge in [-0.1, -0.05) is 70.5 Å². The van der Waals surface area contributed by atoms with E-state index in [0.29, 0.717) is 6.42 Å². The molecular formula is C19H17BrO. The molecule has 0 aliphatic rings. The van der Waals surface area contributed by atoms with Gasteiger partial charge in [0.15, 0.2) is 0 Å². The van der Waals surface area contributed by atoms with E-state index in [0.717, 1.165) is 10.0 Å². The lowest BCUT2D eigenvalue weighted by Crippen LogP contribution is -2.02. The fourth-order valence-electron chi connectivity index (χ4n) is 2.61. The zero-order valence-electron chi connectivity index (χ0n) is 11.9. The Bertz CT molecular complexity index is 774. The lowest BCUT2D eigenvalue weighted by atomic mass is 9.96. The van der Waals surface area contributed by atoms with E-state index < -0.39 is 6.10 Å². The molecule has 0 aliphatic carbocycles. The first kappa shape index (κ1) is 14.3. The molecule has 21 heavy (non-hydrogen) atoms. The average molecular weight is 341 g/mol. The number of hydrogen-bond donors (Lipinski definition) is 1. The highest BCUT2D eigenvalue weighted by molar-refractivity contribution is 9.10. The lowest BCUT2D eigenvalue weighted by molar-refractivity contribution is 0.179. The van der Waals surface area contributed by atoms with Crippen LogP contribution in [-0.2, 0) is 6.42 Å². The Kier molecular flexibility index (Phi) is 4.09. The molecule has 3 aromatic carbocycles. The van der Waals surface area contributed by atoms with Gasteiger partial charge in [0, 0.05) is 10.9 Å². The van der Waals surface area contributed by atoms with Crippen LogP contribution in [0.4, 0.5) is 0 Å². The van der Waals surface area contributed by atoms with Crippen LogP contribution in [0.1, 0.15) is 22.8 Å². The van der Waals surface area contributed by atoms with E-state index in [9.17, 15) is 5.11 Å². The van der Waals surface area contributed by atoms with Crippen LogP contribution in [0.3, 0.4) is 0 Å². The normalized spacial score (nSPS) is 12.5. The third-order valence-electron chi connectivity index (χ3n) is 3.87.